The Morgan fingerprint density at radius 2 is 2.07 bits per heavy atom. The molecule has 0 unspecified atom stereocenters. The van der Waals surface area contributed by atoms with Crippen molar-refractivity contribution in [3.8, 4) is 0 Å². The van der Waals surface area contributed by atoms with Gasteiger partial charge < -0.3 is 19.6 Å². The number of rotatable bonds is 2. The fraction of sp³-hybridized carbons (Fsp3) is 0.650. The first-order valence-corrected chi connectivity index (χ1v) is 9.66. The number of aliphatic hydroxyl groups excluding tert-OH is 1. The second-order valence-corrected chi connectivity index (χ2v) is 8.79. The summed E-state index contributed by atoms with van der Waals surface area (Å²) in [5.74, 6) is -0.334. The Balaban J connectivity index is 1.95. The van der Waals surface area contributed by atoms with Crippen molar-refractivity contribution in [1.82, 2.24) is 19.6 Å². The van der Waals surface area contributed by atoms with E-state index in [0.29, 0.717) is 25.2 Å². The van der Waals surface area contributed by atoms with Crippen LogP contribution in [0.1, 0.15) is 49.4 Å². The molecule has 1 N–H and O–H groups in total. The minimum absolute atomic E-state index is 0.0797. The monoisotopic (exact) mass is 390 g/mol. The van der Waals surface area contributed by atoms with Gasteiger partial charge in [0.05, 0.1) is 18.3 Å². The highest BCUT2D eigenvalue weighted by atomic mass is 16.6. The molecule has 0 bridgehead atoms. The van der Waals surface area contributed by atoms with E-state index < -0.39 is 11.7 Å². The number of hydrogen-bond acceptors (Lipinski definition) is 5. The molecule has 28 heavy (non-hydrogen) atoms. The Kier molecular flexibility index (Phi) is 5.27. The number of amides is 2. The number of nitrogens with zero attached hydrogens (tertiary/aromatic N) is 4. The molecule has 0 aliphatic carbocycles. The minimum atomic E-state index is -0.723. The van der Waals surface area contributed by atoms with E-state index in [1.165, 1.54) is 6.08 Å². The van der Waals surface area contributed by atoms with Crippen LogP contribution >= 0.6 is 0 Å². The summed E-state index contributed by atoms with van der Waals surface area (Å²) in [6, 6.07) is -0.0797. The lowest BCUT2D eigenvalue weighted by atomic mass is 9.99. The standard InChI is InChI=1S/C20H30N4O4/c1-7-16(25)13-9-22(6)18(26)17-14-11-23(19(27)28-20(3,4)5)12(2)8-15(14)21-24(17)10-13/h7,12-13,16,25H,1,8-11H2,2-6H3/t12-,13+,16-/m1/s1. The van der Waals surface area contributed by atoms with E-state index in [2.05, 4.69) is 11.7 Å². The first-order valence-electron chi connectivity index (χ1n) is 9.66. The van der Waals surface area contributed by atoms with Gasteiger partial charge in [-0.2, -0.15) is 5.10 Å². The second kappa shape index (κ2) is 7.24. The third-order valence-electron chi connectivity index (χ3n) is 5.30. The highest BCUT2D eigenvalue weighted by molar-refractivity contribution is 5.94. The van der Waals surface area contributed by atoms with Crippen molar-refractivity contribution in [3.63, 3.8) is 0 Å². The van der Waals surface area contributed by atoms with Crippen molar-refractivity contribution >= 4 is 12.0 Å². The third kappa shape index (κ3) is 3.78. The van der Waals surface area contributed by atoms with Gasteiger partial charge in [-0.3, -0.25) is 9.48 Å². The van der Waals surface area contributed by atoms with E-state index in [1.54, 1.807) is 21.5 Å². The van der Waals surface area contributed by atoms with Gasteiger partial charge in [-0.1, -0.05) is 6.08 Å². The van der Waals surface area contributed by atoms with Gasteiger partial charge in [-0.05, 0) is 27.7 Å². The van der Waals surface area contributed by atoms with Gasteiger partial charge in [0.25, 0.3) is 5.91 Å². The van der Waals surface area contributed by atoms with E-state index in [-0.39, 0.29) is 30.5 Å². The molecule has 2 aliphatic heterocycles. The predicted molar refractivity (Wildman–Crippen MR) is 104 cm³/mol. The van der Waals surface area contributed by atoms with Crippen LogP contribution < -0.4 is 0 Å². The molecule has 0 saturated heterocycles. The molecular formula is C20H30N4O4. The normalized spacial score (nSPS) is 23.6. The van der Waals surface area contributed by atoms with Crippen molar-refractivity contribution in [2.45, 2.75) is 65.0 Å². The third-order valence-corrected chi connectivity index (χ3v) is 5.30. The number of aromatic nitrogens is 2. The zero-order valence-corrected chi connectivity index (χ0v) is 17.3. The summed E-state index contributed by atoms with van der Waals surface area (Å²) in [6.07, 6.45) is 0.934. The maximum Gasteiger partial charge on any atom is 0.410 e. The van der Waals surface area contributed by atoms with E-state index in [1.807, 2.05) is 27.7 Å². The molecule has 3 rings (SSSR count). The summed E-state index contributed by atoms with van der Waals surface area (Å²) in [7, 11) is 1.72. The summed E-state index contributed by atoms with van der Waals surface area (Å²) in [5, 5.41) is 14.9. The molecule has 3 heterocycles. The van der Waals surface area contributed by atoms with Crippen LogP contribution in [0, 0.1) is 5.92 Å². The van der Waals surface area contributed by atoms with Gasteiger partial charge in [-0.15, -0.1) is 6.58 Å². The van der Waals surface area contributed by atoms with E-state index in [4.69, 9.17) is 4.74 Å². The van der Waals surface area contributed by atoms with Crippen LogP contribution in [0.3, 0.4) is 0 Å². The van der Waals surface area contributed by atoms with Crippen molar-refractivity contribution in [3.05, 3.63) is 29.6 Å². The molecule has 0 fully saturated rings. The average molecular weight is 390 g/mol. The molecular weight excluding hydrogens is 360 g/mol. The lowest BCUT2D eigenvalue weighted by Gasteiger charge is -2.34. The molecule has 154 valence electrons. The van der Waals surface area contributed by atoms with Crippen LogP contribution in [0.15, 0.2) is 12.7 Å². The van der Waals surface area contributed by atoms with Gasteiger partial charge in [0, 0.05) is 44.1 Å². The first kappa shape index (κ1) is 20.4. The quantitative estimate of drug-likeness (QED) is 0.778. The highest BCUT2D eigenvalue weighted by Gasteiger charge is 2.38. The van der Waals surface area contributed by atoms with Crippen molar-refractivity contribution < 1.29 is 19.4 Å². The van der Waals surface area contributed by atoms with E-state index in [9.17, 15) is 14.7 Å². The lowest BCUT2D eigenvalue weighted by Crippen LogP contribution is -2.45. The molecule has 0 radical (unpaired) electrons. The van der Waals surface area contributed by atoms with Crippen LogP contribution in [-0.4, -0.2) is 68.0 Å². The lowest BCUT2D eigenvalue weighted by molar-refractivity contribution is 0.0136. The van der Waals surface area contributed by atoms with Gasteiger partial charge >= 0.3 is 6.09 Å². The molecule has 0 saturated carbocycles. The Morgan fingerprint density at radius 1 is 1.39 bits per heavy atom. The second-order valence-electron chi connectivity index (χ2n) is 8.79. The molecule has 1 aromatic heterocycles. The Morgan fingerprint density at radius 3 is 2.68 bits per heavy atom. The van der Waals surface area contributed by atoms with Crippen LogP contribution in [0.4, 0.5) is 4.79 Å². The highest BCUT2D eigenvalue weighted by Crippen LogP contribution is 2.30. The van der Waals surface area contributed by atoms with Gasteiger partial charge in [0.15, 0.2) is 0 Å². The zero-order valence-electron chi connectivity index (χ0n) is 17.3. The predicted octanol–water partition coefficient (Wildman–Crippen LogP) is 1.81. The largest absolute Gasteiger partial charge is 0.444 e. The maximum atomic E-state index is 13.0. The smallest absolute Gasteiger partial charge is 0.410 e. The van der Waals surface area contributed by atoms with Gasteiger partial charge in [0.2, 0.25) is 0 Å². The number of hydrogen-bond donors (Lipinski definition) is 1. The van der Waals surface area contributed by atoms with Crippen LogP contribution in [0.5, 0.6) is 0 Å². The summed E-state index contributed by atoms with van der Waals surface area (Å²) in [4.78, 5) is 29.0. The summed E-state index contributed by atoms with van der Waals surface area (Å²) in [5.41, 5.74) is 1.51. The number of carbonyl (C=O) groups is 2. The SMILES string of the molecule is C=C[C@@H](O)[C@H]1CN(C)C(=O)c2c3c(nn2C1)C[C@@H](C)N(C(=O)OC(C)(C)C)C3. The van der Waals surface area contributed by atoms with Crippen LogP contribution in [0.25, 0.3) is 0 Å². The molecule has 0 aromatic carbocycles. The molecule has 8 nitrogen and oxygen atoms in total. The van der Waals surface area contributed by atoms with Crippen LogP contribution in [-0.2, 0) is 24.2 Å². The summed E-state index contributed by atoms with van der Waals surface area (Å²) in [6.45, 7) is 12.2. The Labute approximate surface area is 165 Å². The number of fused-ring (bicyclic) bond motifs is 3. The van der Waals surface area contributed by atoms with Crippen molar-refractivity contribution in [2.24, 2.45) is 5.92 Å². The van der Waals surface area contributed by atoms with Gasteiger partial charge in [0.1, 0.15) is 11.3 Å². The molecule has 3 atom stereocenters. The van der Waals surface area contributed by atoms with E-state index in [0.717, 1.165) is 11.3 Å². The van der Waals surface area contributed by atoms with E-state index >= 15 is 0 Å². The fourth-order valence-corrected chi connectivity index (χ4v) is 3.84. The molecule has 2 aliphatic rings. The Bertz CT molecular complexity index is 795. The first-order chi connectivity index (χ1) is 13.0. The van der Waals surface area contributed by atoms with Crippen LogP contribution in [0.2, 0.25) is 0 Å². The molecule has 0 spiro atoms. The molecule has 8 heteroatoms. The minimum Gasteiger partial charge on any atom is -0.444 e. The number of carbonyl (C=O) groups excluding carboxylic acids is 2. The zero-order chi connectivity index (χ0) is 20.8. The summed E-state index contributed by atoms with van der Waals surface area (Å²) >= 11 is 0. The van der Waals surface area contributed by atoms with Crippen molar-refractivity contribution in [1.29, 1.82) is 0 Å². The topological polar surface area (TPSA) is 87.9 Å². The number of aliphatic hydroxyl groups is 1. The molecule has 2 amide bonds. The van der Waals surface area contributed by atoms with Crippen molar-refractivity contribution in [2.75, 3.05) is 13.6 Å². The average Bonchev–Trinajstić information content (AvgIpc) is 2.87. The fourth-order valence-electron chi connectivity index (χ4n) is 3.84. The van der Waals surface area contributed by atoms with Gasteiger partial charge in [-0.25, -0.2) is 4.79 Å². The maximum absolute atomic E-state index is 13.0. The Hall–Kier alpha value is -2.35. The number of ether oxygens (including phenoxy) is 1. The molecule has 1 aromatic rings. The summed E-state index contributed by atoms with van der Waals surface area (Å²) < 4.78 is 7.23.